The average Bonchev–Trinajstić information content (AvgIpc) is 2.99. The van der Waals surface area contributed by atoms with Crippen molar-refractivity contribution in [1.82, 2.24) is 0 Å². The molecule has 2 aromatic rings. The Morgan fingerprint density at radius 3 is 2.67 bits per heavy atom. The van der Waals surface area contributed by atoms with Crippen LogP contribution < -0.4 is 0 Å². The highest BCUT2D eigenvalue weighted by Gasteiger charge is 2.17. The Balaban J connectivity index is 2.36. The minimum atomic E-state index is -1.56. The lowest BCUT2D eigenvalue weighted by molar-refractivity contribution is -0.135. The second-order valence-corrected chi connectivity index (χ2v) is 4.15. The number of hydrogen-bond acceptors (Lipinski definition) is 5. The van der Waals surface area contributed by atoms with Gasteiger partial charge in [0, 0.05) is 11.6 Å². The summed E-state index contributed by atoms with van der Waals surface area (Å²) >= 11 is 1.47. The molecule has 18 heavy (non-hydrogen) atoms. The molecule has 6 heteroatoms. The number of aliphatic hydroxyl groups is 1. The molecule has 2 aromatic heterocycles. The van der Waals surface area contributed by atoms with E-state index in [1.54, 1.807) is 6.07 Å². The summed E-state index contributed by atoms with van der Waals surface area (Å²) in [5, 5.41) is 21.2. The summed E-state index contributed by atoms with van der Waals surface area (Å²) in [5.74, 6) is -3.28. The van der Waals surface area contributed by atoms with E-state index in [1.807, 2.05) is 16.8 Å². The molecule has 2 rings (SSSR count). The van der Waals surface area contributed by atoms with Gasteiger partial charge in [0.05, 0.1) is 6.26 Å². The molecular formula is C12H8O5S. The van der Waals surface area contributed by atoms with E-state index in [2.05, 4.69) is 0 Å². The summed E-state index contributed by atoms with van der Waals surface area (Å²) in [7, 11) is 0. The molecule has 0 bridgehead atoms. The number of carboxylic acids is 1. The predicted octanol–water partition coefficient (Wildman–Crippen LogP) is 2.72. The summed E-state index contributed by atoms with van der Waals surface area (Å²) in [6.45, 7) is 0. The smallest absolute Gasteiger partial charge is 0.371 e. The number of thiophene rings is 1. The zero-order valence-corrected chi connectivity index (χ0v) is 9.81. The third-order valence-electron chi connectivity index (χ3n) is 2.21. The van der Waals surface area contributed by atoms with Gasteiger partial charge in [-0.15, -0.1) is 0 Å². The SMILES string of the molecule is O=C(O)C(O)=CC(=O)c1occc1-c1ccsc1. The first-order chi connectivity index (χ1) is 8.59. The van der Waals surface area contributed by atoms with Crippen LogP contribution in [0.5, 0.6) is 0 Å². The van der Waals surface area contributed by atoms with Crippen LogP contribution in [0.1, 0.15) is 10.6 Å². The third-order valence-corrected chi connectivity index (χ3v) is 2.89. The van der Waals surface area contributed by atoms with Crippen molar-refractivity contribution in [1.29, 1.82) is 0 Å². The number of carboxylic acid groups (broad SMARTS) is 1. The number of carbonyl (C=O) groups excluding carboxylic acids is 1. The van der Waals surface area contributed by atoms with E-state index in [0.717, 1.165) is 5.56 Å². The largest absolute Gasteiger partial charge is 0.502 e. The molecule has 0 atom stereocenters. The normalized spacial score (nSPS) is 11.4. The van der Waals surface area contributed by atoms with Gasteiger partial charge in [-0.3, -0.25) is 4.79 Å². The Bertz CT molecular complexity index is 606. The molecule has 0 spiro atoms. The summed E-state index contributed by atoms with van der Waals surface area (Å²) in [6, 6.07) is 3.42. The molecule has 0 unspecified atom stereocenters. The van der Waals surface area contributed by atoms with Crippen molar-refractivity contribution >= 4 is 23.1 Å². The van der Waals surface area contributed by atoms with Gasteiger partial charge in [-0.25, -0.2) is 4.79 Å². The molecular weight excluding hydrogens is 256 g/mol. The van der Waals surface area contributed by atoms with Gasteiger partial charge in [0.25, 0.3) is 0 Å². The van der Waals surface area contributed by atoms with Crippen LogP contribution in [0, 0.1) is 0 Å². The van der Waals surface area contributed by atoms with Gasteiger partial charge in [-0.2, -0.15) is 11.3 Å². The molecule has 0 aromatic carbocycles. The fraction of sp³-hybridized carbons (Fsp3) is 0. The highest BCUT2D eigenvalue weighted by Crippen LogP contribution is 2.27. The highest BCUT2D eigenvalue weighted by atomic mass is 32.1. The van der Waals surface area contributed by atoms with Gasteiger partial charge >= 0.3 is 5.97 Å². The van der Waals surface area contributed by atoms with Crippen LogP contribution in [0.2, 0.25) is 0 Å². The van der Waals surface area contributed by atoms with E-state index in [1.165, 1.54) is 17.6 Å². The fourth-order valence-corrected chi connectivity index (χ4v) is 2.05. The van der Waals surface area contributed by atoms with Gasteiger partial charge in [0.15, 0.2) is 5.76 Å². The van der Waals surface area contributed by atoms with Gasteiger partial charge in [-0.05, 0) is 28.5 Å². The van der Waals surface area contributed by atoms with Crippen LogP contribution in [0.15, 0.2) is 45.4 Å². The number of furan rings is 1. The molecule has 0 saturated carbocycles. The maximum absolute atomic E-state index is 11.7. The number of hydrogen-bond donors (Lipinski definition) is 2. The molecule has 92 valence electrons. The molecule has 0 aliphatic carbocycles. The fourth-order valence-electron chi connectivity index (χ4n) is 1.40. The second kappa shape index (κ2) is 4.89. The van der Waals surface area contributed by atoms with Crippen LogP contribution in [0.25, 0.3) is 11.1 Å². The van der Waals surface area contributed by atoms with Crippen molar-refractivity contribution in [3.63, 3.8) is 0 Å². The van der Waals surface area contributed by atoms with Crippen LogP contribution in [0.4, 0.5) is 0 Å². The third kappa shape index (κ3) is 2.33. The van der Waals surface area contributed by atoms with Gasteiger partial charge < -0.3 is 14.6 Å². The van der Waals surface area contributed by atoms with Crippen molar-refractivity contribution in [2.75, 3.05) is 0 Å². The first kappa shape index (κ1) is 12.1. The average molecular weight is 264 g/mol. The van der Waals surface area contributed by atoms with Crippen molar-refractivity contribution in [3.8, 4) is 11.1 Å². The Hall–Kier alpha value is -2.34. The molecule has 0 fully saturated rings. The maximum atomic E-state index is 11.7. The van der Waals surface area contributed by atoms with Crippen molar-refractivity contribution in [2.45, 2.75) is 0 Å². The lowest BCUT2D eigenvalue weighted by atomic mass is 10.1. The van der Waals surface area contributed by atoms with Crippen LogP contribution >= 0.6 is 11.3 Å². The van der Waals surface area contributed by atoms with E-state index < -0.39 is 17.5 Å². The highest BCUT2D eigenvalue weighted by molar-refractivity contribution is 7.08. The van der Waals surface area contributed by atoms with Crippen LogP contribution in [-0.4, -0.2) is 22.0 Å². The molecule has 0 saturated heterocycles. The maximum Gasteiger partial charge on any atom is 0.371 e. The first-order valence-corrected chi connectivity index (χ1v) is 5.82. The second-order valence-electron chi connectivity index (χ2n) is 3.37. The Morgan fingerprint density at radius 2 is 2.06 bits per heavy atom. The Labute approximate surface area is 106 Å². The lowest BCUT2D eigenvalue weighted by Crippen LogP contribution is -2.03. The standard InChI is InChI=1S/C12H8O5S/c13-9(5-10(14)12(15)16)11-8(1-3-17-11)7-2-4-18-6-7/h1-6,14H,(H,15,16). The predicted molar refractivity (Wildman–Crippen MR) is 64.7 cm³/mol. The van der Waals surface area contributed by atoms with Crippen molar-refractivity contribution in [2.24, 2.45) is 0 Å². The van der Waals surface area contributed by atoms with Gasteiger partial charge in [-0.1, -0.05) is 0 Å². The van der Waals surface area contributed by atoms with E-state index >= 15 is 0 Å². The number of rotatable bonds is 4. The minimum Gasteiger partial charge on any atom is -0.502 e. The summed E-state index contributed by atoms with van der Waals surface area (Å²) in [4.78, 5) is 22.2. The van der Waals surface area contributed by atoms with E-state index in [-0.39, 0.29) is 5.76 Å². The van der Waals surface area contributed by atoms with Crippen LogP contribution in [0.3, 0.4) is 0 Å². The zero-order valence-electron chi connectivity index (χ0n) is 8.99. The van der Waals surface area contributed by atoms with E-state index in [9.17, 15) is 9.59 Å². The van der Waals surface area contributed by atoms with E-state index in [0.29, 0.717) is 11.6 Å². The zero-order chi connectivity index (χ0) is 13.1. The summed E-state index contributed by atoms with van der Waals surface area (Å²) in [6.07, 6.45) is 1.96. The molecule has 0 aliphatic rings. The van der Waals surface area contributed by atoms with Gasteiger partial charge in [0.2, 0.25) is 11.5 Å². The number of aliphatic carboxylic acids is 1. The van der Waals surface area contributed by atoms with Crippen LogP contribution in [-0.2, 0) is 4.79 Å². The molecule has 0 radical (unpaired) electrons. The van der Waals surface area contributed by atoms with Gasteiger partial charge in [0.1, 0.15) is 0 Å². The topological polar surface area (TPSA) is 87.7 Å². The van der Waals surface area contributed by atoms with E-state index in [4.69, 9.17) is 14.6 Å². The molecule has 2 N–H and O–H groups in total. The monoisotopic (exact) mass is 264 g/mol. The Kier molecular flexibility index (Phi) is 3.29. The van der Waals surface area contributed by atoms with Crippen molar-refractivity contribution in [3.05, 3.63) is 46.8 Å². The minimum absolute atomic E-state index is 0.00111. The number of carbonyl (C=O) groups is 2. The molecule has 0 aliphatic heterocycles. The summed E-state index contributed by atoms with van der Waals surface area (Å²) < 4.78 is 5.04. The molecule has 2 heterocycles. The Morgan fingerprint density at radius 1 is 1.28 bits per heavy atom. The lowest BCUT2D eigenvalue weighted by Gasteiger charge is -1.96. The first-order valence-electron chi connectivity index (χ1n) is 4.88. The molecule has 5 nitrogen and oxygen atoms in total. The summed E-state index contributed by atoms with van der Waals surface area (Å²) in [5.41, 5.74) is 1.37. The number of aliphatic hydroxyl groups excluding tert-OH is 1. The number of ketones is 1. The molecule has 0 amide bonds. The van der Waals surface area contributed by atoms with Crippen molar-refractivity contribution < 1.29 is 24.2 Å². The number of allylic oxidation sites excluding steroid dienone is 1. The quantitative estimate of drug-likeness (QED) is 0.503.